The lowest BCUT2D eigenvalue weighted by molar-refractivity contribution is -0.122. The number of rotatable bonds is 8. The molecule has 3 aromatic rings. The molecule has 4 N–H and O–H groups in total. The normalized spacial score (nSPS) is 19.0. The van der Waals surface area contributed by atoms with Gasteiger partial charge >= 0.3 is 0 Å². The zero-order valence-electron chi connectivity index (χ0n) is 22.0. The lowest BCUT2D eigenvalue weighted by Gasteiger charge is -2.39. The number of aromatic nitrogens is 2. The zero-order valence-corrected chi connectivity index (χ0v) is 22.8. The first-order valence-corrected chi connectivity index (χ1v) is 13.0. The maximum Gasteiger partial charge on any atom is 0.293 e. The molecule has 0 aliphatic carbocycles. The summed E-state index contributed by atoms with van der Waals surface area (Å²) >= 11 is 6.50. The maximum atomic E-state index is 14.4. The van der Waals surface area contributed by atoms with Crippen LogP contribution < -0.4 is 31.6 Å². The van der Waals surface area contributed by atoms with Crippen molar-refractivity contribution in [2.45, 2.75) is 26.6 Å². The highest BCUT2D eigenvalue weighted by atomic mass is 35.5. The van der Waals surface area contributed by atoms with Crippen molar-refractivity contribution in [1.82, 2.24) is 14.9 Å². The summed E-state index contributed by atoms with van der Waals surface area (Å²) in [6.07, 6.45) is -0.915. The number of halogens is 2. The van der Waals surface area contributed by atoms with Crippen LogP contribution in [0.5, 0.6) is 5.75 Å². The van der Waals surface area contributed by atoms with E-state index in [4.69, 9.17) is 28.6 Å². The number of carbonyl (C=O) groups is 1. The monoisotopic (exact) mass is 555 g/mol. The highest BCUT2D eigenvalue weighted by Gasteiger charge is 2.33. The van der Waals surface area contributed by atoms with Gasteiger partial charge in [-0.05, 0) is 30.3 Å². The second kappa shape index (κ2) is 11.9. The molecule has 12 heteroatoms. The van der Waals surface area contributed by atoms with Crippen molar-refractivity contribution >= 4 is 51.4 Å². The fourth-order valence-electron chi connectivity index (χ4n) is 4.82. The first kappa shape index (κ1) is 28.1. The number of nitrogens with two attached hydrogens (primary N) is 1. The van der Waals surface area contributed by atoms with E-state index in [2.05, 4.69) is 20.5 Å². The van der Waals surface area contributed by atoms with E-state index < -0.39 is 6.17 Å². The van der Waals surface area contributed by atoms with Crippen molar-refractivity contribution in [2.75, 3.05) is 43.5 Å². The summed E-state index contributed by atoms with van der Waals surface area (Å²) < 4.78 is 21.4. The molecule has 0 radical (unpaired) electrons. The van der Waals surface area contributed by atoms with Crippen molar-refractivity contribution in [2.24, 2.45) is 17.6 Å². The topological polar surface area (TPSA) is 119 Å². The summed E-state index contributed by atoms with van der Waals surface area (Å²) in [4.78, 5) is 34.8. The maximum absolute atomic E-state index is 14.4. The quantitative estimate of drug-likeness (QED) is 0.361. The Bertz CT molecular complexity index is 1480. The van der Waals surface area contributed by atoms with Crippen LogP contribution in [-0.2, 0) is 11.3 Å². The third kappa shape index (κ3) is 5.92. The second-order valence-corrected chi connectivity index (χ2v) is 10.1. The van der Waals surface area contributed by atoms with Crippen LogP contribution in [0.3, 0.4) is 0 Å². The predicted octanol–water partition coefficient (Wildman–Crippen LogP) is 3.86. The molecule has 4 rings (SSSR count). The van der Waals surface area contributed by atoms with E-state index >= 15 is 0 Å². The summed E-state index contributed by atoms with van der Waals surface area (Å²) in [5.41, 5.74) is 6.92. The summed E-state index contributed by atoms with van der Waals surface area (Å²) in [6, 6.07) is 8.48. The number of benzene rings is 1. The number of nitrogens with one attached hydrogen (secondary N) is 2. The van der Waals surface area contributed by atoms with Gasteiger partial charge in [0.25, 0.3) is 11.5 Å². The Morgan fingerprint density at radius 1 is 1.28 bits per heavy atom. The largest absolute Gasteiger partial charge is 0.478 e. The number of likely N-dealkylation sites (N-methyl/N-ethyl adjacent to an activating group) is 1. The van der Waals surface area contributed by atoms with E-state index in [9.17, 15) is 14.0 Å². The molecule has 0 spiro atoms. The Hall–Kier alpha value is -3.88. The van der Waals surface area contributed by atoms with Gasteiger partial charge in [0, 0.05) is 56.1 Å². The minimum atomic E-state index is -0.915. The molecular weight excluding hydrogens is 525 g/mol. The van der Waals surface area contributed by atoms with Crippen LogP contribution in [0.2, 0.25) is 5.02 Å². The number of piperidine rings is 1. The van der Waals surface area contributed by atoms with Crippen molar-refractivity contribution < 1.29 is 13.9 Å². The van der Waals surface area contributed by atoms with Crippen LogP contribution in [0.25, 0.3) is 15.7 Å². The lowest BCUT2D eigenvalue weighted by atomic mass is 9.89. The van der Waals surface area contributed by atoms with Crippen molar-refractivity contribution in [3.05, 3.63) is 57.1 Å². The van der Waals surface area contributed by atoms with Crippen LogP contribution >= 0.6 is 11.6 Å². The number of carbonyl (C=O) groups excluding carboxylic acids is 1. The standard InChI is InChI=1S/C27H31ClFN7O3/c1-15-12-35(13-16(2)24(15)29)26-20(31-3)11-19(28)25(34-26)33-18-5-6-21-17(9-18)10-22(39-14-23(37)32-4)27(38)36(21)8-7-30/h5-6,9-11,15-16,24H,7-8,12-14,30H2,1-2,4H3,(H,32,37)(H,33,34)/t15-,16+,24?. The minimum Gasteiger partial charge on any atom is -0.478 e. The van der Waals surface area contributed by atoms with Crippen LogP contribution in [0.1, 0.15) is 13.8 Å². The van der Waals surface area contributed by atoms with E-state index in [1.807, 2.05) is 18.7 Å². The number of hydrogen-bond acceptors (Lipinski definition) is 7. The number of fused-ring (bicyclic) bond motifs is 1. The number of hydrogen-bond donors (Lipinski definition) is 3. The lowest BCUT2D eigenvalue weighted by Crippen LogP contribution is -2.46. The fraction of sp³-hybridized carbons (Fsp3) is 0.407. The third-order valence-corrected chi connectivity index (χ3v) is 7.06. The first-order chi connectivity index (χ1) is 18.7. The van der Waals surface area contributed by atoms with Crippen molar-refractivity contribution in [3.8, 4) is 5.75 Å². The van der Waals surface area contributed by atoms with Crippen LogP contribution in [0, 0.1) is 18.4 Å². The van der Waals surface area contributed by atoms with E-state index in [-0.39, 0.29) is 53.8 Å². The summed E-state index contributed by atoms with van der Waals surface area (Å²) in [6.45, 7) is 12.4. The molecule has 1 aliphatic rings. The molecule has 1 amide bonds. The van der Waals surface area contributed by atoms with Gasteiger partial charge in [-0.1, -0.05) is 25.4 Å². The molecule has 1 fully saturated rings. The molecule has 1 aromatic carbocycles. The van der Waals surface area contributed by atoms with Gasteiger partial charge in [0.1, 0.15) is 17.8 Å². The average molecular weight is 556 g/mol. The Morgan fingerprint density at radius 2 is 2.00 bits per heavy atom. The van der Waals surface area contributed by atoms with Gasteiger partial charge in [0.15, 0.2) is 12.4 Å². The Morgan fingerprint density at radius 3 is 2.64 bits per heavy atom. The van der Waals surface area contributed by atoms with E-state index in [1.54, 1.807) is 30.3 Å². The van der Waals surface area contributed by atoms with Gasteiger partial charge in [-0.25, -0.2) is 14.2 Å². The first-order valence-electron chi connectivity index (χ1n) is 12.6. The molecule has 39 heavy (non-hydrogen) atoms. The molecule has 10 nitrogen and oxygen atoms in total. The summed E-state index contributed by atoms with van der Waals surface area (Å²) in [7, 11) is 1.48. The molecule has 0 bridgehead atoms. The molecular formula is C27H31ClFN7O3. The third-order valence-electron chi connectivity index (χ3n) is 6.77. The molecule has 1 aliphatic heterocycles. The highest BCUT2D eigenvalue weighted by molar-refractivity contribution is 6.33. The van der Waals surface area contributed by atoms with Crippen LogP contribution in [0.4, 0.5) is 27.4 Å². The molecule has 3 atom stereocenters. The Kier molecular flexibility index (Phi) is 8.57. The van der Waals surface area contributed by atoms with Gasteiger partial charge in [-0.3, -0.25) is 9.59 Å². The van der Waals surface area contributed by atoms with Crippen LogP contribution in [-0.4, -0.2) is 54.9 Å². The van der Waals surface area contributed by atoms with Gasteiger partial charge in [0.2, 0.25) is 5.69 Å². The average Bonchev–Trinajstić information content (AvgIpc) is 2.92. The Balaban J connectivity index is 1.71. The van der Waals surface area contributed by atoms with Gasteiger partial charge < -0.3 is 30.6 Å². The SMILES string of the molecule is [C-]#[N+]c1cc(Cl)c(Nc2ccc3c(c2)cc(OCC(=O)NC)c(=O)n3CCN)nc1N1C[C@@H](C)C(F)[C@@H](C)C1. The number of ether oxygens (including phenoxy) is 1. The molecule has 2 aromatic heterocycles. The smallest absolute Gasteiger partial charge is 0.293 e. The number of anilines is 3. The van der Waals surface area contributed by atoms with Gasteiger partial charge in [0.05, 0.1) is 17.1 Å². The Labute approximate surface area is 230 Å². The fourth-order valence-corrected chi connectivity index (χ4v) is 5.02. The van der Waals surface area contributed by atoms with Gasteiger partial charge in [-0.15, -0.1) is 0 Å². The molecule has 1 unspecified atom stereocenters. The van der Waals surface area contributed by atoms with Gasteiger partial charge in [-0.2, -0.15) is 0 Å². The van der Waals surface area contributed by atoms with E-state index in [0.717, 1.165) is 0 Å². The molecule has 206 valence electrons. The summed E-state index contributed by atoms with van der Waals surface area (Å²) in [5, 5.41) is 6.59. The number of nitrogens with zero attached hydrogens (tertiary/aromatic N) is 4. The zero-order chi connectivity index (χ0) is 28.3. The van der Waals surface area contributed by atoms with Crippen molar-refractivity contribution in [1.29, 1.82) is 0 Å². The van der Waals surface area contributed by atoms with E-state index in [0.29, 0.717) is 47.0 Å². The highest BCUT2D eigenvalue weighted by Crippen LogP contribution is 2.38. The predicted molar refractivity (Wildman–Crippen MR) is 151 cm³/mol. The van der Waals surface area contributed by atoms with Crippen LogP contribution in [0.15, 0.2) is 35.1 Å². The minimum absolute atomic E-state index is 0.0241. The summed E-state index contributed by atoms with van der Waals surface area (Å²) in [5.74, 6) is 0.0444. The van der Waals surface area contributed by atoms with Crippen molar-refractivity contribution in [3.63, 3.8) is 0 Å². The molecule has 1 saturated heterocycles. The number of amides is 1. The molecule has 3 heterocycles. The molecule has 0 saturated carbocycles. The second-order valence-electron chi connectivity index (χ2n) is 9.69. The number of alkyl halides is 1. The number of pyridine rings is 2. The van der Waals surface area contributed by atoms with E-state index in [1.165, 1.54) is 11.6 Å².